The Bertz CT molecular complexity index is 1750. The van der Waals surface area contributed by atoms with E-state index in [4.69, 9.17) is 20.8 Å². The molecule has 1 aliphatic heterocycles. The molecule has 0 spiro atoms. The predicted molar refractivity (Wildman–Crippen MR) is 141 cm³/mol. The number of aliphatic hydroxyl groups excluding tert-OH is 1. The van der Waals surface area contributed by atoms with Crippen molar-refractivity contribution in [3.05, 3.63) is 106 Å². The summed E-state index contributed by atoms with van der Waals surface area (Å²) < 4.78 is 11.3. The lowest BCUT2D eigenvalue weighted by Gasteiger charge is -2.26. The van der Waals surface area contributed by atoms with E-state index in [0.717, 1.165) is 16.5 Å². The molecule has 1 atom stereocenters. The SMILES string of the molecule is COc1cc(Cl)cc2cc(C(=O)C3=C(O)C(=O)N(c4ccc(C)cc4)C3c3c[nH]c4ccccc34)oc12. The molecule has 2 aromatic heterocycles. The van der Waals surface area contributed by atoms with Gasteiger partial charge in [0.05, 0.1) is 18.7 Å². The maximum Gasteiger partial charge on any atom is 0.294 e. The minimum Gasteiger partial charge on any atom is -0.503 e. The molecule has 3 heterocycles. The highest BCUT2D eigenvalue weighted by Crippen LogP contribution is 2.45. The maximum absolute atomic E-state index is 14.0. The van der Waals surface area contributed by atoms with E-state index in [-0.39, 0.29) is 11.3 Å². The van der Waals surface area contributed by atoms with Gasteiger partial charge in [-0.25, -0.2) is 0 Å². The third-order valence-electron chi connectivity index (χ3n) is 6.67. The van der Waals surface area contributed by atoms with Crippen LogP contribution in [0.1, 0.15) is 27.7 Å². The monoisotopic (exact) mass is 512 g/mol. The second kappa shape index (κ2) is 8.57. The van der Waals surface area contributed by atoms with Gasteiger partial charge in [0, 0.05) is 44.8 Å². The van der Waals surface area contributed by atoms with E-state index >= 15 is 0 Å². The molecular formula is C29H21ClN2O5. The number of aromatic amines is 1. The van der Waals surface area contributed by atoms with E-state index in [1.165, 1.54) is 18.1 Å². The molecule has 1 unspecified atom stereocenters. The smallest absolute Gasteiger partial charge is 0.294 e. The highest BCUT2D eigenvalue weighted by molar-refractivity contribution is 6.31. The molecule has 2 N–H and O–H groups in total. The van der Waals surface area contributed by atoms with Gasteiger partial charge in [0.2, 0.25) is 5.78 Å². The predicted octanol–water partition coefficient (Wildman–Crippen LogP) is 6.67. The molecule has 0 aliphatic carbocycles. The minimum atomic E-state index is -0.891. The number of fused-ring (bicyclic) bond motifs is 2. The standard InChI is InChI=1S/C29H21ClN2O5/c1-15-7-9-18(10-8-15)32-25(20-14-31-21-6-4-3-5-19(20)21)24(27(34)29(32)35)26(33)22-12-16-11-17(30)13-23(36-2)28(16)37-22/h3-14,25,31,34H,1-2H3. The molecule has 5 aromatic rings. The van der Waals surface area contributed by atoms with Crippen molar-refractivity contribution in [1.82, 2.24) is 4.98 Å². The lowest BCUT2D eigenvalue weighted by atomic mass is 9.94. The van der Waals surface area contributed by atoms with Gasteiger partial charge in [0.15, 0.2) is 22.9 Å². The van der Waals surface area contributed by atoms with E-state index in [2.05, 4.69) is 4.98 Å². The number of nitrogens with one attached hydrogen (secondary N) is 1. The summed E-state index contributed by atoms with van der Waals surface area (Å²) in [4.78, 5) is 32.1. The van der Waals surface area contributed by atoms with E-state index in [1.807, 2.05) is 43.3 Å². The number of Topliss-reactive ketones (excluding diaryl/α,β-unsaturated/α-hetero) is 1. The summed E-state index contributed by atoms with van der Waals surface area (Å²) >= 11 is 6.19. The van der Waals surface area contributed by atoms with Crippen LogP contribution in [-0.2, 0) is 4.79 Å². The lowest BCUT2D eigenvalue weighted by Crippen LogP contribution is -2.30. The first-order chi connectivity index (χ1) is 17.9. The van der Waals surface area contributed by atoms with Gasteiger partial charge in [-0.05, 0) is 37.3 Å². The fourth-order valence-corrected chi connectivity index (χ4v) is 5.12. The zero-order valence-corrected chi connectivity index (χ0v) is 20.7. The summed E-state index contributed by atoms with van der Waals surface area (Å²) in [7, 11) is 1.48. The van der Waals surface area contributed by atoms with Crippen molar-refractivity contribution in [3.8, 4) is 5.75 Å². The Hall–Kier alpha value is -4.49. The van der Waals surface area contributed by atoms with Crippen molar-refractivity contribution < 1.29 is 23.8 Å². The van der Waals surface area contributed by atoms with E-state index < -0.39 is 23.5 Å². The number of hydrogen-bond donors (Lipinski definition) is 2. The van der Waals surface area contributed by atoms with Gasteiger partial charge >= 0.3 is 0 Å². The third-order valence-corrected chi connectivity index (χ3v) is 6.89. The number of aryl methyl sites for hydroxylation is 1. The highest BCUT2D eigenvalue weighted by atomic mass is 35.5. The summed E-state index contributed by atoms with van der Waals surface area (Å²) in [6, 6.07) is 18.8. The van der Waals surface area contributed by atoms with Crippen molar-refractivity contribution in [2.75, 3.05) is 12.0 Å². The number of rotatable bonds is 5. The molecule has 1 amide bonds. The number of ketones is 1. The number of hydrogen-bond acceptors (Lipinski definition) is 5. The Morgan fingerprint density at radius 1 is 1.11 bits per heavy atom. The average molecular weight is 513 g/mol. The Labute approximate surface area is 216 Å². The Morgan fingerprint density at radius 2 is 1.86 bits per heavy atom. The number of anilines is 1. The number of ether oxygens (including phenoxy) is 1. The molecule has 37 heavy (non-hydrogen) atoms. The normalized spacial score (nSPS) is 15.8. The van der Waals surface area contributed by atoms with Gasteiger partial charge in [-0.1, -0.05) is 47.5 Å². The summed E-state index contributed by atoms with van der Waals surface area (Å²) in [6.45, 7) is 1.94. The number of aromatic nitrogens is 1. The van der Waals surface area contributed by atoms with E-state index in [1.54, 1.807) is 30.5 Å². The fraction of sp³-hybridized carbons (Fsp3) is 0.103. The summed E-state index contributed by atoms with van der Waals surface area (Å²) in [5.74, 6) is -1.56. The van der Waals surface area contributed by atoms with Crippen LogP contribution in [0.2, 0.25) is 5.02 Å². The molecule has 7 nitrogen and oxygen atoms in total. The largest absolute Gasteiger partial charge is 0.503 e. The van der Waals surface area contributed by atoms with Crippen LogP contribution in [0.4, 0.5) is 5.69 Å². The van der Waals surface area contributed by atoms with Crippen molar-refractivity contribution in [3.63, 3.8) is 0 Å². The molecule has 3 aromatic carbocycles. The second-order valence-electron chi connectivity index (χ2n) is 8.93. The number of methoxy groups -OCH3 is 1. The third kappa shape index (κ3) is 3.58. The first-order valence-corrected chi connectivity index (χ1v) is 12.0. The number of H-pyrrole nitrogens is 1. The van der Waals surface area contributed by atoms with Gasteiger partial charge in [0.25, 0.3) is 5.91 Å². The number of nitrogens with zero attached hydrogens (tertiary/aromatic N) is 1. The molecule has 0 saturated heterocycles. The number of aliphatic hydroxyl groups is 1. The molecule has 1 aliphatic rings. The van der Waals surface area contributed by atoms with Gasteiger partial charge in [-0.15, -0.1) is 0 Å². The van der Waals surface area contributed by atoms with Crippen LogP contribution in [0.3, 0.4) is 0 Å². The van der Waals surface area contributed by atoms with Crippen molar-refractivity contribution in [2.24, 2.45) is 0 Å². The Balaban J connectivity index is 1.54. The number of benzene rings is 3. The fourth-order valence-electron chi connectivity index (χ4n) is 4.91. The van der Waals surface area contributed by atoms with E-state index in [9.17, 15) is 14.7 Å². The molecule has 0 radical (unpaired) electrons. The van der Waals surface area contributed by atoms with Crippen molar-refractivity contribution in [2.45, 2.75) is 13.0 Å². The van der Waals surface area contributed by atoms with Crippen LogP contribution < -0.4 is 9.64 Å². The van der Waals surface area contributed by atoms with Gasteiger partial charge in [0.1, 0.15) is 0 Å². The molecule has 0 bridgehead atoms. The van der Waals surface area contributed by atoms with Crippen LogP contribution >= 0.6 is 11.6 Å². The minimum absolute atomic E-state index is 0.0412. The first kappa shape index (κ1) is 22.9. The summed E-state index contributed by atoms with van der Waals surface area (Å²) in [5.41, 5.74) is 3.36. The zero-order chi connectivity index (χ0) is 25.8. The first-order valence-electron chi connectivity index (χ1n) is 11.6. The number of furan rings is 1. The number of carbonyl (C=O) groups is 2. The Kier molecular flexibility index (Phi) is 5.31. The molecule has 184 valence electrons. The molecule has 0 saturated carbocycles. The maximum atomic E-state index is 14.0. The molecule has 6 rings (SSSR count). The average Bonchev–Trinajstić information content (AvgIpc) is 3.58. The van der Waals surface area contributed by atoms with Gasteiger partial charge < -0.3 is 19.2 Å². The number of amides is 1. The topological polar surface area (TPSA) is 95.8 Å². The number of para-hydroxylation sites is 1. The highest BCUT2D eigenvalue weighted by Gasteiger charge is 2.46. The quantitative estimate of drug-likeness (QED) is 0.256. The van der Waals surface area contributed by atoms with Crippen LogP contribution in [0.25, 0.3) is 21.9 Å². The summed E-state index contributed by atoms with van der Waals surface area (Å²) in [6.07, 6.45) is 1.76. The van der Waals surface area contributed by atoms with Crippen molar-refractivity contribution >= 4 is 50.9 Å². The van der Waals surface area contributed by atoms with Gasteiger partial charge in [-0.3, -0.25) is 14.5 Å². The number of carbonyl (C=O) groups excluding carboxylic acids is 2. The Morgan fingerprint density at radius 3 is 2.62 bits per heavy atom. The van der Waals surface area contributed by atoms with Crippen LogP contribution in [-0.4, -0.2) is 28.9 Å². The summed E-state index contributed by atoms with van der Waals surface area (Å²) in [5, 5.41) is 12.9. The molecular weight excluding hydrogens is 492 g/mol. The van der Waals surface area contributed by atoms with Crippen LogP contribution in [0.15, 0.2) is 88.7 Å². The van der Waals surface area contributed by atoms with Gasteiger partial charge in [-0.2, -0.15) is 0 Å². The lowest BCUT2D eigenvalue weighted by molar-refractivity contribution is -0.117. The molecule has 8 heteroatoms. The molecule has 0 fully saturated rings. The zero-order valence-electron chi connectivity index (χ0n) is 19.9. The van der Waals surface area contributed by atoms with E-state index in [0.29, 0.717) is 33.0 Å². The number of halogens is 1. The second-order valence-corrected chi connectivity index (χ2v) is 9.37. The van der Waals surface area contributed by atoms with Crippen LogP contribution in [0.5, 0.6) is 5.75 Å². The van der Waals surface area contributed by atoms with Crippen LogP contribution in [0, 0.1) is 6.92 Å². The van der Waals surface area contributed by atoms with Crippen molar-refractivity contribution in [1.29, 1.82) is 0 Å².